The zero-order valence-electron chi connectivity index (χ0n) is 19.8. The van der Waals surface area contributed by atoms with Crippen LogP contribution in [0.5, 0.6) is 0 Å². The Balaban J connectivity index is 1.30. The molecule has 1 aliphatic heterocycles. The fraction of sp³-hybridized carbons (Fsp3) is 0.207. The maximum absolute atomic E-state index is 13.6. The highest BCUT2D eigenvalue weighted by Gasteiger charge is 2.29. The molecule has 7 heteroatoms. The minimum atomic E-state index is -0.380. The number of halogens is 1. The van der Waals surface area contributed by atoms with E-state index in [1.54, 1.807) is 17.0 Å². The smallest absolute Gasteiger partial charge is 0.274 e. The summed E-state index contributed by atoms with van der Waals surface area (Å²) >= 11 is 0. The van der Waals surface area contributed by atoms with E-state index in [1.165, 1.54) is 40.1 Å². The quantitative estimate of drug-likeness (QED) is 0.417. The highest BCUT2D eigenvalue weighted by molar-refractivity contribution is 5.92. The second kappa shape index (κ2) is 10.7. The van der Waals surface area contributed by atoms with E-state index in [1.807, 2.05) is 12.1 Å². The van der Waals surface area contributed by atoms with Crippen LogP contribution in [0, 0.1) is 5.82 Å². The molecule has 5 rings (SSSR count). The van der Waals surface area contributed by atoms with Gasteiger partial charge >= 0.3 is 0 Å². The Morgan fingerprint density at radius 3 is 2.06 bits per heavy atom. The molecular formula is C29H27FN4O2. The van der Waals surface area contributed by atoms with Crippen molar-refractivity contribution in [3.8, 4) is 0 Å². The summed E-state index contributed by atoms with van der Waals surface area (Å²) in [5, 5.41) is 4.30. The third-order valence-corrected chi connectivity index (χ3v) is 6.50. The maximum atomic E-state index is 13.6. The summed E-state index contributed by atoms with van der Waals surface area (Å²) in [7, 11) is 0. The van der Waals surface area contributed by atoms with E-state index in [9.17, 15) is 14.0 Å². The number of rotatable bonds is 6. The molecule has 0 aliphatic carbocycles. The Kier molecular flexibility index (Phi) is 7.00. The van der Waals surface area contributed by atoms with Crippen molar-refractivity contribution in [2.45, 2.75) is 12.6 Å². The summed E-state index contributed by atoms with van der Waals surface area (Å²) in [5.41, 5.74) is 2.91. The molecule has 0 bridgehead atoms. The van der Waals surface area contributed by atoms with Crippen molar-refractivity contribution in [3.63, 3.8) is 0 Å². The molecule has 0 saturated carbocycles. The van der Waals surface area contributed by atoms with E-state index in [4.69, 9.17) is 0 Å². The van der Waals surface area contributed by atoms with Crippen LogP contribution in [-0.4, -0.2) is 51.7 Å². The van der Waals surface area contributed by atoms with E-state index >= 15 is 0 Å². The Labute approximate surface area is 209 Å². The van der Waals surface area contributed by atoms with Gasteiger partial charge in [0.1, 0.15) is 11.5 Å². The molecule has 1 aromatic heterocycles. The normalized spacial score (nSPS) is 14.2. The fourth-order valence-corrected chi connectivity index (χ4v) is 4.71. The van der Waals surface area contributed by atoms with Crippen LogP contribution in [0.3, 0.4) is 0 Å². The first-order chi connectivity index (χ1) is 17.6. The Hall–Kier alpha value is -4.10. The first-order valence-electron chi connectivity index (χ1n) is 12.0. The molecule has 182 valence electrons. The largest absolute Gasteiger partial charge is 0.335 e. The molecule has 1 amide bonds. The van der Waals surface area contributed by atoms with Gasteiger partial charge in [-0.3, -0.25) is 14.5 Å². The minimum absolute atomic E-state index is 0.0985. The van der Waals surface area contributed by atoms with Crippen molar-refractivity contribution < 1.29 is 9.18 Å². The predicted molar refractivity (Wildman–Crippen MR) is 136 cm³/mol. The van der Waals surface area contributed by atoms with E-state index in [0.717, 1.165) is 0 Å². The standard InChI is InChI=1S/C29H27FN4O2/c30-25-13-7-8-22(20-25)21-34-27(35)15-14-26(31-34)29(36)33-18-16-32(17-19-33)28(23-9-3-1-4-10-23)24-11-5-2-6-12-24/h1-15,20,28H,16-19,21H2. The van der Waals surface area contributed by atoms with E-state index in [-0.39, 0.29) is 35.6 Å². The zero-order valence-corrected chi connectivity index (χ0v) is 19.8. The Morgan fingerprint density at radius 2 is 1.44 bits per heavy atom. The predicted octanol–water partition coefficient (Wildman–Crippen LogP) is 3.98. The van der Waals surface area contributed by atoms with Crippen molar-refractivity contribution in [2.24, 2.45) is 0 Å². The number of carbonyl (C=O) groups is 1. The van der Waals surface area contributed by atoms with Gasteiger partial charge in [-0.2, -0.15) is 5.10 Å². The van der Waals surface area contributed by atoms with E-state index in [2.05, 4.69) is 58.5 Å². The SMILES string of the molecule is O=C(c1ccc(=O)n(Cc2cccc(F)c2)n1)N1CCN(C(c2ccccc2)c2ccccc2)CC1. The van der Waals surface area contributed by atoms with Gasteiger partial charge in [-0.05, 0) is 34.9 Å². The molecule has 36 heavy (non-hydrogen) atoms. The number of aromatic nitrogens is 2. The second-order valence-corrected chi connectivity index (χ2v) is 8.90. The first-order valence-corrected chi connectivity index (χ1v) is 12.0. The van der Waals surface area contributed by atoms with Crippen molar-refractivity contribution in [3.05, 3.63) is 136 Å². The third-order valence-electron chi connectivity index (χ3n) is 6.50. The van der Waals surface area contributed by atoms with Crippen LogP contribution in [0.1, 0.15) is 33.2 Å². The van der Waals surface area contributed by atoms with Gasteiger partial charge in [-0.25, -0.2) is 9.07 Å². The zero-order chi connectivity index (χ0) is 24.9. The molecule has 2 heterocycles. The van der Waals surface area contributed by atoms with Crippen LogP contribution in [0.2, 0.25) is 0 Å². The lowest BCUT2D eigenvalue weighted by atomic mass is 9.96. The summed E-state index contributed by atoms with van der Waals surface area (Å²) in [4.78, 5) is 29.8. The van der Waals surface area contributed by atoms with Gasteiger partial charge in [0.05, 0.1) is 12.6 Å². The molecule has 1 fully saturated rings. The van der Waals surface area contributed by atoms with Crippen LogP contribution >= 0.6 is 0 Å². The number of benzene rings is 3. The summed E-state index contributed by atoms with van der Waals surface area (Å²) in [6.45, 7) is 2.63. The molecule has 0 N–H and O–H groups in total. The summed E-state index contributed by atoms with van der Waals surface area (Å²) < 4.78 is 14.8. The molecule has 0 radical (unpaired) electrons. The van der Waals surface area contributed by atoms with Crippen LogP contribution in [-0.2, 0) is 6.54 Å². The van der Waals surface area contributed by atoms with E-state index in [0.29, 0.717) is 31.7 Å². The molecule has 0 atom stereocenters. The molecule has 1 saturated heterocycles. The second-order valence-electron chi connectivity index (χ2n) is 8.90. The number of amides is 1. The van der Waals surface area contributed by atoms with Crippen molar-refractivity contribution >= 4 is 5.91 Å². The number of hydrogen-bond acceptors (Lipinski definition) is 4. The summed E-state index contributed by atoms with van der Waals surface area (Å²) in [6.07, 6.45) is 0. The Bertz CT molecular complexity index is 1340. The van der Waals surface area contributed by atoms with Crippen molar-refractivity contribution in [2.75, 3.05) is 26.2 Å². The lowest BCUT2D eigenvalue weighted by molar-refractivity contribution is 0.0589. The monoisotopic (exact) mass is 482 g/mol. The Morgan fingerprint density at radius 1 is 0.806 bits per heavy atom. The van der Waals surface area contributed by atoms with Gasteiger partial charge in [-0.1, -0.05) is 72.8 Å². The van der Waals surface area contributed by atoms with Gasteiger partial charge in [0.15, 0.2) is 0 Å². The van der Waals surface area contributed by atoms with Crippen molar-refractivity contribution in [1.29, 1.82) is 0 Å². The van der Waals surface area contributed by atoms with Gasteiger partial charge in [0.25, 0.3) is 11.5 Å². The highest BCUT2D eigenvalue weighted by Crippen LogP contribution is 2.29. The summed E-state index contributed by atoms with van der Waals surface area (Å²) in [5.74, 6) is -0.589. The highest BCUT2D eigenvalue weighted by atomic mass is 19.1. The van der Waals surface area contributed by atoms with Gasteiger partial charge < -0.3 is 4.90 Å². The topological polar surface area (TPSA) is 58.4 Å². The molecule has 1 aliphatic rings. The lowest BCUT2D eigenvalue weighted by Gasteiger charge is -2.39. The number of hydrogen-bond donors (Lipinski definition) is 0. The molecule has 4 aromatic rings. The number of piperazine rings is 1. The average Bonchev–Trinajstić information content (AvgIpc) is 2.91. The third kappa shape index (κ3) is 5.26. The molecule has 0 spiro atoms. The van der Waals surface area contributed by atoms with E-state index < -0.39 is 0 Å². The van der Waals surface area contributed by atoms with Gasteiger partial charge in [-0.15, -0.1) is 0 Å². The average molecular weight is 483 g/mol. The van der Waals surface area contributed by atoms with Crippen LogP contribution in [0.15, 0.2) is 102 Å². The number of nitrogens with zero attached hydrogens (tertiary/aromatic N) is 4. The molecular weight excluding hydrogens is 455 g/mol. The van der Waals surface area contributed by atoms with Crippen LogP contribution in [0.4, 0.5) is 4.39 Å². The minimum Gasteiger partial charge on any atom is -0.335 e. The van der Waals surface area contributed by atoms with Gasteiger partial charge in [0, 0.05) is 32.2 Å². The van der Waals surface area contributed by atoms with Crippen LogP contribution in [0.25, 0.3) is 0 Å². The molecule has 6 nitrogen and oxygen atoms in total. The number of carbonyl (C=O) groups excluding carboxylic acids is 1. The maximum Gasteiger partial charge on any atom is 0.274 e. The molecule has 0 unspecified atom stereocenters. The lowest BCUT2D eigenvalue weighted by Crippen LogP contribution is -2.50. The fourth-order valence-electron chi connectivity index (χ4n) is 4.71. The van der Waals surface area contributed by atoms with Crippen LogP contribution < -0.4 is 5.56 Å². The van der Waals surface area contributed by atoms with Crippen molar-refractivity contribution in [1.82, 2.24) is 19.6 Å². The molecule has 3 aromatic carbocycles. The first kappa shape index (κ1) is 23.6. The summed E-state index contributed by atoms with van der Waals surface area (Å²) in [6, 6.07) is 29.7. The van der Waals surface area contributed by atoms with Gasteiger partial charge in [0.2, 0.25) is 0 Å².